The second kappa shape index (κ2) is 10.8. The van der Waals surface area contributed by atoms with Gasteiger partial charge in [0.2, 0.25) is 0 Å². The van der Waals surface area contributed by atoms with E-state index in [1.54, 1.807) is 31.6 Å². The number of nitrogens with zero attached hydrogens (tertiary/aromatic N) is 4. The molecule has 1 unspecified atom stereocenters. The molecular formula is C23H21F3N6OS. The normalized spacial score (nSPS) is 13.3. The third-order valence-corrected chi connectivity index (χ3v) is 5.69. The first-order valence-electron chi connectivity index (χ1n) is 10.0. The molecule has 0 bridgehead atoms. The smallest absolute Gasteiger partial charge is 0.343 e. The minimum absolute atomic E-state index is 0.163. The lowest BCUT2D eigenvalue weighted by molar-refractivity contribution is -0.137. The van der Waals surface area contributed by atoms with Gasteiger partial charge in [-0.2, -0.15) is 13.2 Å². The quantitative estimate of drug-likeness (QED) is 0.407. The van der Waals surface area contributed by atoms with Crippen molar-refractivity contribution in [2.45, 2.75) is 26.1 Å². The molecule has 1 atom stereocenters. The van der Waals surface area contributed by atoms with E-state index >= 15 is 0 Å². The molecule has 0 aliphatic heterocycles. The van der Waals surface area contributed by atoms with Crippen molar-refractivity contribution < 1.29 is 18.0 Å². The van der Waals surface area contributed by atoms with E-state index in [1.807, 2.05) is 6.92 Å². The van der Waals surface area contributed by atoms with Crippen LogP contribution in [0.2, 0.25) is 0 Å². The van der Waals surface area contributed by atoms with Crippen molar-refractivity contribution in [3.05, 3.63) is 84.0 Å². The molecule has 1 amide bonds. The molecule has 1 aromatic carbocycles. The molecule has 176 valence electrons. The SMILES string of the molecule is C=CN=C(/C=C(\C)c1cncnc1)C(=O)NC(C)c1cnc(Nc2ccc(C(F)(F)F)cc2)s1. The average molecular weight is 487 g/mol. The topological polar surface area (TPSA) is 92.2 Å². The molecule has 0 saturated carbocycles. The maximum Gasteiger partial charge on any atom is 0.416 e. The molecule has 34 heavy (non-hydrogen) atoms. The number of carbonyl (C=O) groups is 1. The summed E-state index contributed by atoms with van der Waals surface area (Å²) in [5.74, 6) is -0.408. The fourth-order valence-corrected chi connectivity index (χ4v) is 3.64. The van der Waals surface area contributed by atoms with Crippen molar-refractivity contribution in [1.29, 1.82) is 0 Å². The van der Waals surface area contributed by atoms with E-state index < -0.39 is 23.7 Å². The first-order chi connectivity index (χ1) is 16.2. The molecule has 0 aliphatic rings. The van der Waals surface area contributed by atoms with Gasteiger partial charge in [0, 0.05) is 40.9 Å². The summed E-state index contributed by atoms with van der Waals surface area (Å²) in [6, 6.07) is 4.27. The van der Waals surface area contributed by atoms with E-state index in [2.05, 4.69) is 37.2 Å². The van der Waals surface area contributed by atoms with Crippen LogP contribution in [0.5, 0.6) is 0 Å². The maximum atomic E-state index is 12.8. The predicted molar refractivity (Wildman–Crippen MR) is 127 cm³/mol. The lowest BCUT2D eigenvalue weighted by atomic mass is 10.1. The first kappa shape index (κ1) is 24.8. The summed E-state index contributed by atoms with van der Waals surface area (Å²) in [5.41, 5.74) is 1.41. The van der Waals surface area contributed by atoms with Gasteiger partial charge in [0.05, 0.1) is 11.6 Å². The highest BCUT2D eigenvalue weighted by atomic mass is 32.1. The van der Waals surface area contributed by atoms with Gasteiger partial charge in [0.25, 0.3) is 5.91 Å². The van der Waals surface area contributed by atoms with Crippen LogP contribution >= 0.6 is 11.3 Å². The Kier molecular flexibility index (Phi) is 7.90. The summed E-state index contributed by atoms with van der Waals surface area (Å²) in [7, 11) is 0. The molecule has 0 aliphatic carbocycles. The number of hydrogen-bond acceptors (Lipinski definition) is 7. The van der Waals surface area contributed by atoms with Crippen LogP contribution in [-0.4, -0.2) is 26.6 Å². The van der Waals surface area contributed by atoms with E-state index in [0.29, 0.717) is 10.8 Å². The van der Waals surface area contributed by atoms with Crippen LogP contribution in [0, 0.1) is 0 Å². The van der Waals surface area contributed by atoms with Gasteiger partial charge < -0.3 is 10.6 Å². The van der Waals surface area contributed by atoms with Crippen LogP contribution in [-0.2, 0) is 11.0 Å². The van der Waals surface area contributed by atoms with Gasteiger partial charge in [-0.15, -0.1) is 0 Å². The minimum Gasteiger partial charge on any atom is -0.343 e. The molecule has 0 saturated heterocycles. The Morgan fingerprint density at radius 3 is 2.47 bits per heavy atom. The van der Waals surface area contributed by atoms with E-state index in [4.69, 9.17) is 0 Å². The van der Waals surface area contributed by atoms with Crippen molar-refractivity contribution in [2.24, 2.45) is 4.99 Å². The second-order valence-corrected chi connectivity index (χ2v) is 8.18. The van der Waals surface area contributed by atoms with Crippen molar-refractivity contribution >= 4 is 39.3 Å². The maximum absolute atomic E-state index is 12.8. The van der Waals surface area contributed by atoms with Gasteiger partial charge >= 0.3 is 6.18 Å². The summed E-state index contributed by atoms with van der Waals surface area (Å²) < 4.78 is 38.1. The number of aromatic nitrogens is 3. The fourth-order valence-electron chi connectivity index (χ4n) is 2.80. The van der Waals surface area contributed by atoms with Crippen LogP contribution in [0.4, 0.5) is 24.0 Å². The Morgan fingerprint density at radius 1 is 1.18 bits per heavy atom. The van der Waals surface area contributed by atoms with Gasteiger partial charge in [-0.05, 0) is 49.8 Å². The van der Waals surface area contributed by atoms with Crippen molar-refractivity contribution in [3.8, 4) is 0 Å². The molecule has 0 fully saturated rings. The fraction of sp³-hybridized carbons (Fsp3) is 0.174. The summed E-state index contributed by atoms with van der Waals surface area (Å²) in [4.78, 5) is 29.8. The zero-order valence-electron chi connectivity index (χ0n) is 18.3. The highest BCUT2D eigenvalue weighted by molar-refractivity contribution is 7.15. The number of allylic oxidation sites excluding steroid dienone is 1. The van der Waals surface area contributed by atoms with Crippen molar-refractivity contribution in [3.63, 3.8) is 0 Å². The molecule has 0 spiro atoms. The number of hydrogen-bond donors (Lipinski definition) is 2. The number of rotatable bonds is 8. The Labute approximate surface area is 198 Å². The molecule has 11 heteroatoms. The Hall–Kier alpha value is -3.86. The number of amides is 1. The number of halogens is 3. The van der Waals surface area contributed by atoms with Crippen LogP contribution in [0.1, 0.15) is 35.9 Å². The molecule has 3 aromatic rings. The van der Waals surface area contributed by atoms with Crippen LogP contribution < -0.4 is 10.6 Å². The monoisotopic (exact) mass is 486 g/mol. The van der Waals surface area contributed by atoms with Crippen LogP contribution in [0.15, 0.2) is 73.0 Å². The number of alkyl halides is 3. The number of aliphatic imine (C=N–C) groups is 1. The highest BCUT2D eigenvalue weighted by Crippen LogP contribution is 2.31. The first-order valence-corrected chi connectivity index (χ1v) is 10.8. The summed E-state index contributed by atoms with van der Waals surface area (Å²) >= 11 is 1.27. The van der Waals surface area contributed by atoms with Gasteiger partial charge in [-0.1, -0.05) is 17.9 Å². The zero-order valence-corrected chi connectivity index (χ0v) is 19.1. The van der Waals surface area contributed by atoms with Crippen LogP contribution in [0.25, 0.3) is 5.57 Å². The molecule has 7 nitrogen and oxygen atoms in total. The molecular weight excluding hydrogens is 465 g/mol. The predicted octanol–water partition coefficient (Wildman–Crippen LogP) is 5.56. The standard InChI is InChI=1S/C23H21F3N6OS/c1-4-29-19(9-14(2)16-10-27-13-28-11-16)21(33)31-15(3)20-12-30-22(34-20)32-18-7-5-17(6-8-18)23(24,25)26/h4-13,15H,1H2,2-3H3,(H,30,32)(H,31,33)/b14-9+,29-19?. The Morgan fingerprint density at radius 2 is 1.85 bits per heavy atom. The second-order valence-electron chi connectivity index (χ2n) is 7.11. The van der Waals surface area contributed by atoms with Gasteiger partial charge in [-0.3, -0.25) is 9.79 Å². The molecule has 3 rings (SSSR count). The number of anilines is 2. The van der Waals surface area contributed by atoms with E-state index in [0.717, 1.165) is 28.1 Å². The van der Waals surface area contributed by atoms with Gasteiger partial charge in [0.1, 0.15) is 12.0 Å². The van der Waals surface area contributed by atoms with Crippen LogP contribution in [0.3, 0.4) is 0 Å². The van der Waals surface area contributed by atoms with Crippen molar-refractivity contribution in [2.75, 3.05) is 5.32 Å². The number of benzene rings is 1. The molecule has 0 radical (unpaired) electrons. The Bertz CT molecular complexity index is 1200. The van der Waals surface area contributed by atoms with E-state index in [9.17, 15) is 18.0 Å². The van der Waals surface area contributed by atoms with Crippen molar-refractivity contribution in [1.82, 2.24) is 20.3 Å². The third-order valence-electron chi connectivity index (χ3n) is 4.59. The van der Waals surface area contributed by atoms with Gasteiger partial charge in [-0.25, -0.2) is 15.0 Å². The minimum atomic E-state index is -4.39. The summed E-state index contributed by atoms with van der Waals surface area (Å²) in [5, 5.41) is 6.31. The third kappa shape index (κ3) is 6.58. The number of nitrogens with one attached hydrogen (secondary N) is 2. The lowest BCUT2D eigenvalue weighted by Gasteiger charge is -2.12. The van der Waals surface area contributed by atoms with E-state index in [-0.39, 0.29) is 5.71 Å². The number of thiazole rings is 1. The molecule has 2 heterocycles. The number of carbonyl (C=O) groups excluding carboxylic acids is 1. The van der Waals surface area contributed by atoms with E-state index in [1.165, 1.54) is 36.0 Å². The summed E-state index contributed by atoms with van der Waals surface area (Å²) in [6.45, 7) is 7.17. The molecule has 2 N–H and O–H groups in total. The zero-order chi connectivity index (χ0) is 24.7. The lowest BCUT2D eigenvalue weighted by Crippen LogP contribution is -2.32. The largest absolute Gasteiger partial charge is 0.416 e. The average Bonchev–Trinajstić information content (AvgIpc) is 3.27. The summed E-state index contributed by atoms with van der Waals surface area (Å²) in [6.07, 6.45) is 4.78. The Balaban J connectivity index is 1.67. The highest BCUT2D eigenvalue weighted by Gasteiger charge is 2.30. The van der Waals surface area contributed by atoms with Gasteiger partial charge in [0.15, 0.2) is 5.13 Å². The molecule has 2 aromatic heterocycles.